The average molecular weight is 274 g/mol. The van der Waals surface area contributed by atoms with Crippen LogP contribution in [0.2, 0.25) is 0 Å². The highest BCUT2D eigenvalue weighted by atomic mass is 16.3. The van der Waals surface area contributed by atoms with E-state index in [0.717, 1.165) is 0 Å². The van der Waals surface area contributed by atoms with Crippen molar-refractivity contribution in [2.75, 3.05) is 13.6 Å². The molecule has 106 valence electrons. The van der Waals surface area contributed by atoms with Crippen LogP contribution in [-0.4, -0.2) is 40.1 Å². The van der Waals surface area contributed by atoms with E-state index in [4.69, 9.17) is 0 Å². The van der Waals surface area contributed by atoms with Crippen LogP contribution in [0.3, 0.4) is 0 Å². The van der Waals surface area contributed by atoms with Crippen molar-refractivity contribution in [1.82, 2.24) is 9.88 Å². The number of aromatic amines is 1. The highest BCUT2D eigenvalue weighted by molar-refractivity contribution is 6.05. The lowest BCUT2D eigenvalue weighted by Gasteiger charge is -2.25. The van der Waals surface area contributed by atoms with Crippen LogP contribution in [0.4, 0.5) is 0 Å². The van der Waals surface area contributed by atoms with Gasteiger partial charge in [0.15, 0.2) is 0 Å². The Bertz CT molecular complexity index is 698. The molecule has 0 radical (unpaired) electrons. The van der Waals surface area contributed by atoms with E-state index in [1.54, 1.807) is 39.1 Å². The molecule has 0 saturated carbocycles. The molecule has 2 N–H and O–H groups in total. The van der Waals surface area contributed by atoms with Crippen LogP contribution in [0.25, 0.3) is 10.9 Å². The quantitative estimate of drug-likeness (QED) is 0.888. The summed E-state index contributed by atoms with van der Waals surface area (Å²) >= 11 is 0. The number of benzene rings is 1. The number of aromatic nitrogens is 1. The van der Waals surface area contributed by atoms with Crippen molar-refractivity contribution >= 4 is 16.8 Å². The highest BCUT2D eigenvalue weighted by Gasteiger charge is 2.22. The van der Waals surface area contributed by atoms with Crippen molar-refractivity contribution in [2.24, 2.45) is 0 Å². The monoisotopic (exact) mass is 274 g/mol. The molecular formula is C15H18N2O3. The lowest BCUT2D eigenvalue weighted by atomic mass is 10.1. The van der Waals surface area contributed by atoms with E-state index in [9.17, 15) is 14.7 Å². The summed E-state index contributed by atoms with van der Waals surface area (Å²) in [6, 6.07) is 8.45. The van der Waals surface area contributed by atoms with E-state index >= 15 is 0 Å². The lowest BCUT2D eigenvalue weighted by molar-refractivity contribution is 0.0369. The Kier molecular flexibility index (Phi) is 3.63. The largest absolute Gasteiger partial charge is 0.389 e. The van der Waals surface area contributed by atoms with Gasteiger partial charge in [-0.15, -0.1) is 0 Å². The molecule has 20 heavy (non-hydrogen) atoms. The van der Waals surface area contributed by atoms with E-state index in [-0.39, 0.29) is 18.0 Å². The number of likely N-dealkylation sites (N-methyl/N-ethyl adjacent to an activating group) is 1. The standard InChI is InChI=1S/C15H18N2O3/c1-15(2,20)9-17(3)14(19)11-8-13(18)16-12-7-5-4-6-10(11)12/h4-8,20H,9H2,1-3H3,(H,16,18). The molecule has 0 bridgehead atoms. The fraction of sp³-hybridized carbons (Fsp3) is 0.333. The van der Waals surface area contributed by atoms with E-state index < -0.39 is 5.60 Å². The number of nitrogens with one attached hydrogen (secondary N) is 1. The number of nitrogens with zero attached hydrogens (tertiary/aromatic N) is 1. The van der Waals surface area contributed by atoms with Gasteiger partial charge >= 0.3 is 0 Å². The molecule has 1 amide bonds. The molecule has 5 nitrogen and oxygen atoms in total. The van der Waals surface area contributed by atoms with Crippen LogP contribution in [0.5, 0.6) is 0 Å². The van der Waals surface area contributed by atoms with Crippen LogP contribution in [0.1, 0.15) is 24.2 Å². The Morgan fingerprint density at radius 3 is 2.65 bits per heavy atom. The number of hydrogen-bond donors (Lipinski definition) is 2. The molecule has 0 fully saturated rings. The molecule has 0 unspecified atom stereocenters. The van der Waals surface area contributed by atoms with Gasteiger partial charge in [0.05, 0.1) is 11.2 Å². The topological polar surface area (TPSA) is 73.4 Å². The van der Waals surface area contributed by atoms with Gasteiger partial charge in [-0.05, 0) is 19.9 Å². The van der Waals surface area contributed by atoms with Crippen LogP contribution < -0.4 is 5.56 Å². The molecule has 1 aromatic heterocycles. The maximum atomic E-state index is 12.5. The molecule has 5 heteroatoms. The molecule has 2 aromatic rings. The molecular weight excluding hydrogens is 256 g/mol. The van der Waals surface area contributed by atoms with E-state index in [0.29, 0.717) is 16.5 Å². The number of hydrogen-bond acceptors (Lipinski definition) is 3. The van der Waals surface area contributed by atoms with Gasteiger partial charge in [0, 0.05) is 30.6 Å². The van der Waals surface area contributed by atoms with E-state index in [2.05, 4.69) is 4.98 Å². The number of rotatable bonds is 3. The van der Waals surface area contributed by atoms with Crippen molar-refractivity contribution < 1.29 is 9.90 Å². The van der Waals surface area contributed by atoms with Crippen molar-refractivity contribution in [3.05, 3.63) is 46.2 Å². The summed E-state index contributed by atoms with van der Waals surface area (Å²) in [5.74, 6) is -0.283. The zero-order valence-electron chi connectivity index (χ0n) is 11.8. The first-order valence-corrected chi connectivity index (χ1v) is 6.38. The predicted octanol–water partition coefficient (Wildman–Crippen LogP) is 1.37. The summed E-state index contributed by atoms with van der Waals surface area (Å²) in [5, 5.41) is 10.5. The molecule has 1 aromatic carbocycles. The first-order valence-electron chi connectivity index (χ1n) is 6.38. The molecule has 0 atom stereocenters. The number of fused-ring (bicyclic) bond motifs is 1. The Balaban J connectivity index is 2.47. The third-order valence-electron chi connectivity index (χ3n) is 2.95. The second-order valence-corrected chi connectivity index (χ2v) is 5.57. The summed E-state index contributed by atoms with van der Waals surface area (Å²) in [7, 11) is 1.61. The number of carbonyl (C=O) groups excluding carboxylic acids is 1. The Hall–Kier alpha value is -2.14. The van der Waals surface area contributed by atoms with Gasteiger partial charge in [0.2, 0.25) is 5.56 Å². The smallest absolute Gasteiger partial charge is 0.254 e. The minimum absolute atomic E-state index is 0.187. The summed E-state index contributed by atoms with van der Waals surface area (Å²) in [6.45, 7) is 3.45. The van der Waals surface area contributed by atoms with Gasteiger partial charge in [-0.2, -0.15) is 0 Å². The Morgan fingerprint density at radius 1 is 1.35 bits per heavy atom. The molecule has 0 saturated heterocycles. The third-order valence-corrected chi connectivity index (χ3v) is 2.95. The SMILES string of the molecule is CN(CC(C)(C)O)C(=O)c1cc(=O)[nH]c2ccccc12. The molecule has 0 aliphatic rings. The number of carbonyl (C=O) groups is 1. The second-order valence-electron chi connectivity index (χ2n) is 5.57. The van der Waals surface area contributed by atoms with Gasteiger partial charge < -0.3 is 15.0 Å². The molecule has 2 rings (SSSR count). The minimum atomic E-state index is -0.985. The van der Waals surface area contributed by atoms with Crippen LogP contribution in [0, 0.1) is 0 Å². The maximum absolute atomic E-state index is 12.5. The highest BCUT2D eigenvalue weighted by Crippen LogP contribution is 2.17. The fourth-order valence-corrected chi connectivity index (χ4v) is 2.24. The first-order chi connectivity index (χ1) is 9.28. The first kappa shape index (κ1) is 14.3. The zero-order chi connectivity index (χ0) is 14.9. The van der Waals surface area contributed by atoms with Crippen molar-refractivity contribution in [3.8, 4) is 0 Å². The van der Waals surface area contributed by atoms with Crippen LogP contribution in [0.15, 0.2) is 35.1 Å². The predicted molar refractivity (Wildman–Crippen MR) is 77.8 cm³/mol. The summed E-state index contributed by atoms with van der Waals surface area (Å²) < 4.78 is 0. The number of aliphatic hydroxyl groups is 1. The Morgan fingerprint density at radius 2 is 2.00 bits per heavy atom. The fourth-order valence-electron chi connectivity index (χ4n) is 2.24. The van der Waals surface area contributed by atoms with Crippen molar-refractivity contribution in [2.45, 2.75) is 19.4 Å². The maximum Gasteiger partial charge on any atom is 0.254 e. The summed E-state index contributed by atoms with van der Waals surface area (Å²) in [4.78, 5) is 28.2. The number of pyridine rings is 1. The number of H-pyrrole nitrogens is 1. The number of para-hydroxylation sites is 1. The second kappa shape index (κ2) is 5.09. The van der Waals surface area contributed by atoms with Gasteiger partial charge in [-0.25, -0.2) is 0 Å². The lowest BCUT2D eigenvalue weighted by Crippen LogP contribution is -2.40. The van der Waals surface area contributed by atoms with E-state index in [1.165, 1.54) is 11.0 Å². The molecule has 0 spiro atoms. The van der Waals surface area contributed by atoms with E-state index in [1.807, 2.05) is 6.07 Å². The van der Waals surface area contributed by atoms with Gasteiger partial charge in [0.25, 0.3) is 5.91 Å². The van der Waals surface area contributed by atoms with Gasteiger partial charge in [0.1, 0.15) is 0 Å². The van der Waals surface area contributed by atoms with Crippen LogP contribution in [-0.2, 0) is 0 Å². The average Bonchev–Trinajstić information content (AvgIpc) is 2.34. The Labute approximate surface area is 116 Å². The van der Waals surface area contributed by atoms with Crippen molar-refractivity contribution in [1.29, 1.82) is 0 Å². The van der Waals surface area contributed by atoms with Crippen LogP contribution >= 0.6 is 0 Å². The van der Waals surface area contributed by atoms with Gasteiger partial charge in [-0.3, -0.25) is 9.59 Å². The minimum Gasteiger partial charge on any atom is -0.389 e. The molecule has 0 aliphatic carbocycles. The zero-order valence-corrected chi connectivity index (χ0v) is 11.8. The third kappa shape index (κ3) is 3.05. The summed E-state index contributed by atoms with van der Waals surface area (Å²) in [6.07, 6.45) is 0. The number of amides is 1. The van der Waals surface area contributed by atoms with Crippen molar-refractivity contribution in [3.63, 3.8) is 0 Å². The normalized spacial score (nSPS) is 11.6. The molecule has 0 aliphatic heterocycles. The molecule has 1 heterocycles. The summed E-state index contributed by atoms with van der Waals surface area (Å²) in [5.41, 5.74) is -0.332. The van der Waals surface area contributed by atoms with Gasteiger partial charge in [-0.1, -0.05) is 18.2 Å².